The molecule has 0 radical (unpaired) electrons. The van der Waals surface area contributed by atoms with Crippen molar-refractivity contribution >= 4 is 11.9 Å². The predicted molar refractivity (Wildman–Crippen MR) is 97.4 cm³/mol. The topological polar surface area (TPSA) is 64.6 Å². The lowest BCUT2D eigenvalue weighted by molar-refractivity contribution is -0.141. The van der Waals surface area contributed by atoms with E-state index < -0.39 is 5.97 Å². The first-order valence-corrected chi connectivity index (χ1v) is 8.44. The summed E-state index contributed by atoms with van der Waals surface area (Å²) in [6.45, 7) is 1.92. The van der Waals surface area contributed by atoms with Gasteiger partial charge < -0.3 is 14.8 Å². The van der Waals surface area contributed by atoms with E-state index in [-0.39, 0.29) is 24.9 Å². The fourth-order valence-electron chi connectivity index (χ4n) is 3.12. The number of carbonyl (C=O) groups is 2. The van der Waals surface area contributed by atoms with Crippen LogP contribution in [0.15, 0.2) is 65.9 Å². The molecule has 1 heterocycles. The van der Waals surface area contributed by atoms with Crippen molar-refractivity contribution in [1.82, 2.24) is 5.32 Å². The van der Waals surface area contributed by atoms with E-state index in [0.29, 0.717) is 17.0 Å². The van der Waals surface area contributed by atoms with Gasteiger partial charge in [0.05, 0.1) is 12.7 Å². The number of carbonyl (C=O) groups excluding carboxylic acids is 2. The van der Waals surface area contributed by atoms with E-state index >= 15 is 0 Å². The van der Waals surface area contributed by atoms with Crippen LogP contribution < -0.4 is 10.1 Å². The van der Waals surface area contributed by atoms with Crippen LogP contribution in [0.25, 0.3) is 0 Å². The number of methoxy groups -OCH3 is 1. The number of rotatable bonds is 5. The number of hydrogen-bond acceptors (Lipinski definition) is 4. The van der Waals surface area contributed by atoms with Gasteiger partial charge in [0, 0.05) is 18.0 Å². The van der Waals surface area contributed by atoms with E-state index in [1.165, 1.54) is 0 Å². The van der Waals surface area contributed by atoms with Gasteiger partial charge in [-0.2, -0.15) is 0 Å². The summed E-state index contributed by atoms with van der Waals surface area (Å²) in [5, 5.41) is 2.75. The minimum atomic E-state index is -0.417. The minimum Gasteiger partial charge on any atom is -0.497 e. The second-order valence-corrected chi connectivity index (χ2v) is 6.18. The lowest BCUT2D eigenvalue weighted by atomic mass is 9.84. The lowest BCUT2D eigenvalue weighted by Crippen LogP contribution is -2.34. The zero-order valence-electron chi connectivity index (χ0n) is 14.8. The first kappa shape index (κ1) is 17.7. The highest BCUT2D eigenvalue weighted by atomic mass is 16.5. The summed E-state index contributed by atoms with van der Waals surface area (Å²) in [4.78, 5) is 24.8. The zero-order valence-corrected chi connectivity index (χ0v) is 14.8. The highest BCUT2D eigenvalue weighted by Crippen LogP contribution is 2.35. The van der Waals surface area contributed by atoms with Crippen LogP contribution in [0, 0.1) is 0 Å². The van der Waals surface area contributed by atoms with Gasteiger partial charge in [0.1, 0.15) is 12.4 Å². The highest BCUT2D eigenvalue weighted by molar-refractivity contribution is 5.95. The van der Waals surface area contributed by atoms with Crippen molar-refractivity contribution in [3.8, 4) is 5.75 Å². The SMILES string of the molecule is COc1cccc(C2CC(=O)NC(C)=C2C(=O)OCc2ccccc2)c1. The Morgan fingerprint density at radius 1 is 1.15 bits per heavy atom. The summed E-state index contributed by atoms with van der Waals surface area (Å²) >= 11 is 0. The first-order valence-electron chi connectivity index (χ1n) is 8.44. The van der Waals surface area contributed by atoms with Crippen LogP contribution >= 0.6 is 0 Å². The molecule has 0 saturated heterocycles. The molecule has 5 heteroatoms. The molecular formula is C21H21NO4. The highest BCUT2D eigenvalue weighted by Gasteiger charge is 2.32. The minimum absolute atomic E-state index is 0.116. The van der Waals surface area contributed by atoms with E-state index in [9.17, 15) is 9.59 Å². The number of esters is 1. The number of hydrogen-bond donors (Lipinski definition) is 1. The largest absolute Gasteiger partial charge is 0.497 e. The maximum atomic E-state index is 12.8. The van der Waals surface area contributed by atoms with Crippen LogP contribution in [0.5, 0.6) is 5.75 Å². The molecule has 1 aliphatic heterocycles. The molecule has 134 valence electrons. The number of ether oxygens (including phenoxy) is 2. The van der Waals surface area contributed by atoms with Gasteiger partial charge in [-0.1, -0.05) is 42.5 Å². The van der Waals surface area contributed by atoms with Gasteiger partial charge in [-0.05, 0) is 30.2 Å². The third-order valence-electron chi connectivity index (χ3n) is 4.40. The molecule has 1 unspecified atom stereocenters. The lowest BCUT2D eigenvalue weighted by Gasteiger charge is -2.26. The van der Waals surface area contributed by atoms with Crippen molar-refractivity contribution in [3.63, 3.8) is 0 Å². The van der Waals surface area contributed by atoms with Crippen LogP contribution in [0.1, 0.15) is 30.4 Å². The van der Waals surface area contributed by atoms with Crippen molar-refractivity contribution < 1.29 is 19.1 Å². The van der Waals surface area contributed by atoms with Crippen molar-refractivity contribution in [3.05, 3.63) is 77.0 Å². The van der Waals surface area contributed by atoms with E-state index in [2.05, 4.69) is 5.32 Å². The third-order valence-corrected chi connectivity index (χ3v) is 4.40. The molecule has 3 rings (SSSR count). The summed E-state index contributed by atoms with van der Waals surface area (Å²) in [7, 11) is 1.59. The molecule has 0 spiro atoms. The summed E-state index contributed by atoms with van der Waals surface area (Å²) in [5.74, 6) is -0.209. The van der Waals surface area contributed by atoms with Gasteiger partial charge >= 0.3 is 5.97 Å². The molecule has 26 heavy (non-hydrogen) atoms. The molecular weight excluding hydrogens is 330 g/mol. The number of benzene rings is 2. The Balaban J connectivity index is 1.86. The molecule has 1 aliphatic rings. The predicted octanol–water partition coefficient (Wildman–Crippen LogP) is 3.32. The summed E-state index contributed by atoms with van der Waals surface area (Å²) in [6.07, 6.45) is 0.195. The summed E-state index contributed by atoms with van der Waals surface area (Å²) < 4.78 is 10.8. The second-order valence-electron chi connectivity index (χ2n) is 6.18. The van der Waals surface area contributed by atoms with Crippen LogP contribution in [-0.2, 0) is 20.9 Å². The van der Waals surface area contributed by atoms with E-state index in [0.717, 1.165) is 11.1 Å². The Labute approximate surface area is 152 Å². The molecule has 1 atom stereocenters. The van der Waals surface area contributed by atoms with Crippen molar-refractivity contribution in [2.45, 2.75) is 25.9 Å². The fourth-order valence-corrected chi connectivity index (χ4v) is 3.12. The molecule has 2 aromatic carbocycles. The monoisotopic (exact) mass is 351 g/mol. The van der Waals surface area contributed by atoms with Crippen LogP contribution in [-0.4, -0.2) is 19.0 Å². The smallest absolute Gasteiger partial charge is 0.336 e. The fraction of sp³-hybridized carbons (Fsp3) is 0.238. The standard InChI is InChI=1S/C21H21NO4/c1-14-20(21(24)26-13-15-7-4-3-5-8-15)18(12-19(23)22-14)16-9-6-10-17(11-16)25-2/h3-11,18H,12-13H2,1-2H3,(H,22,23). The van der Waals surface area contributed by atoms with Crippen LogP contribution in [0.4, 0.5) is 0 Å². The quantitative estimate of drug-likeness (QED) is 0.840. The molecule has 1 N–H and O–H groups in total. The second kappa shape index (κ2) is 7.87. The van der Waals surface area contributed by atoms with Gasteiger partial charge in [-0.3, -0.25) is 4.79 Å². The van der Waals surface area contributed by atoms with Gasteiger partial charge in [-0.25, -0.2) is 4.79 Å². The van der Waals surface area contributed by atoms with Gasteiger partial charge in [-0.15, -0.1) is 0 Å². The molecule has 0 aromatic heterocycles. The average molecular weight is 351 g/mol. The van der Waals surface area contributed by atoms with Crippen LogP contribution in [0.2, 0.25) is 0 Å². The molecule has 2 aromatic rings. The maximum Gasteiger partial charge on any atom is 0.336 e. The Hall–Kier alpha value is -3.08. The summed E-state index contributed by atoms with van der Waals surface area (Å²) in [5.41, 5.74) is 2.78. The molecule has 1 amide bonds. The maximum absolute atomic E-state index is 12.8. The van der Waals surface area contributed by atoms with Gasteiger partial charge in [0.2, 0.25) is 5.91 Å². The van der Waals surface area contributed by atoms with Crippen molar-refractivity contribution in [1.29, 1.82) is 0 Å². The summed E-state index contributed by atoms with van der Waals surface area (Å²) in [6, 6.07) is 16.9. The Morgan fingerprint density at radius 2 is 1.92 bits per heavy atom. The molecule has 5 nitrogen and oxygen atoms in total. The van der Waals surface area contributed by atoms with E-state index in [1.807, 2.05) is 54.6 Å². The molecule has 0 saturated carbocycles. The Kier molecular flexibility index (Phi) is 5.37. The Bertz CT molecular complexity index is 842. The van der Waals surface area contributed by atoms with Crippen molar-refractivity contribution in [2.75, 3.05) is 7.11 Å². The molecule has 0 bridgehead atoms. The van der Waals surface area contributed by atoms with Crippen LogP contribution in [0.3, 0.4) is 0 Å². The molecule has 0 aliphatic carbocycles. The first-order chi connectivity index (χ1) is 12.6. The third kappa shape index (κ3) is 3.94. The number of amides is 1. The van der Waals surface area contributed by atoms with E-state index in [1.54, 1.807) is 14.0 Å². The van der Waals surface area contributed by atoms with Gasteiger partial charge in [0.15, 0.2) is 0 Å². The Morgan fingerprint density at radius 3 is 2.65 bits per heavy atom. The number of nitrogens with one attached hydrogen (secondary N) is 1. The van der Waals surface area contributed by atoms with Gasteiger partial charge in [0.25, 0.3) is 0 Å². The van der Waals surface area contributed by atoms with Crippen molar-refractivity contribution in [2.24, 2.45) is 0 Å². The van der Waals surface area contributed by atoms with E-state index in [4.69, 9.17) is 9.47 Å². The average Bonchev–Trinajstić information content (AvgIpc) is 2.66. The normalized spacial score (nSPS) is 16.8. The number of allylic oxidation sites excluding steroid dienone is 1. The molecule has 0 fully saturated rings. The zero-order chi connectivity index (χ0) is 18.5.